The number of nitrogens with one attached hydrogen (secondary N) is 1. The first-order valence-corrected chi connectivity index (χ1v) is 14.4. The maximum atomic E-state index is 12.5. The first-order chi connectivity index (χ1) is 21.6. The summed E-state index contributed by atoms with van der Waals surface area (Å²) in [5.74, 6) is -0.985. The Bertz CT molecular complexity index is 1830. The highest BCUT2D eigenvalue weighted by Gasteiger charge is 2.20. The van der Waals surface area contributed by atoms with Crippen molar-refractivity contribution in [1.29, 1.82) is 0 Å². The number of carboxylic acid groups (broad SMARTS) is 1. The van der Waals surface area contributed by atoms with Gasteiger partial charge in [0, 0.05) is 29.8 Å². The van der Waals surface area contributed by atoms with E-state index in [1.807, 2.05) is 103 Å². The maximum absolute atomic E-state index is 12.5. The van der Waals surface area contributed by atoms with Gasteiger partial charge in [-0.2, -0.15) is 0 Å². The zero-order valence-electron chi connectivity index (χ0n) is 24.3. The van der Waals surface area contributed by atoms with Gasteiger partial charge in [0.15, 0.2) is 0 Å². The van der Waals surface area contributed by atoms with Gasteiger partial charge in [0.25, 0.3) is 0 Å². The molecule has 1 aliphatic rings. The van der Waals surface area contributed by atoms with Crippen LogP contribution in [0, 0.1) is 0 Å². The number of aromatic carboxylic acids is 1. The predicted octanol–water partition coefficient (Wildman–Crippen LogP) is 9.60. The second kappa shape index (κ2) is 12.9. The number of aliphatic imine (C=N–C) groups is 1. The first kappa shape index (κ1) is 28.2. The molecule has 0 unspecified atom stereocenters. The van der Waals surface area contributed by atoms with Crippen molar-refractivity contribution in [2.24, 2.45) is 4.99 Å². The molecule has 0 saturated carbocycles. The minimum Gasteiger partial charge on any atom is -0.478 e. The van der Waals surface area contributed by atoms with Crippen molar-refractivity contribution >= 4 is 45.7 Å². The van der Waals surface area contributed by atoms with Gasteiger partial charge in [0.1, 0.15) is 0 Å². The lowest BCUT2D eigenvalue weighted by Gasteiger charge is -2.26. The van der Waals surface area contributed by atoms with Crippen molar-refractivity contribution in [1.82, 2.24) is 0 Å². The summed E-state index contributed by atoms with van der Waals surface area (Å²) in [7, 11) is 1.78. The Morgan fingerprint density at radius 3 is 1.73 bits per heavy atom. The molecule has 0 fully saturated rings. The van der Waals surface area contributed by atoms with E-state index in [1.165, 1.54) is 0 Å². The Labute approximate surface area is 257 Å². The van der Waals surface area contributed by atoms with E-state index in [1.54, 1.807) is 13.1 Å². The number of para-hydroxylation sites is 3. The minimum atomic E-state index is -0.985. The van der Waals surface area contributed by atoms with Crippen LogP contribution >= 0.6 is 0 Å². The van der Waals surface area contributed by atoms with Crippen molar-refractivity contribution in [3.05, 3.63) is 180 Å². The fourth-order valence-corrected chi connectivity index (χ4v) is 5.31. The van der Waals surface area contributed by atoms with Crippen LogP contribution in [0.5, 0.6) is 0 Å². The SMILES string of the molecule is CNc1ccc(C(=C2C=CC(=Nc3ccccc3)C=C2)c2ccc(N(c3ccccc3)c3ccccc3)cc2)c(C(=O)O)c1. The van der Waals surface area contributed by atoms with Crippen molar-refractivity contribution in [3.8, 4) is 0 Å². The van der Waals surface area contributed by atoms with Gasteiger partial charge in [-0.3, -0.25) is 0 Å². The highest BCUT2D eigenvalue weighted by molar-refractivity contribution is 6.09. The molecule has 5 aromatic rings. The van der Waals surface area contributed by atoms with E-state index in [4.69, 9.17) is 4.99 Å². The summed E-state index contributed by atoms with van der Waals surface area (Å²) < 4.78 is 0. The van der Waals surface area contributed by atoms with Gasteiger partial charge in [-0.1, -0.05) is 84.9 Å². The lowest BCUT2D eigenvalue weighted by Crippen LogP contribution is -2.10. The fourth-order valence-electron chi connectivity index (χ4n) is 5.31. The van der Waals surface area contributed by atoms with Gasteiger partial charge in [-0.05, 0) is 95.1 Å². The van der Waals surface area contributed by atoms with E-state index in [0.717, 1.165) is 50.9 Å². The number of rotatable bonds is 8. The molecule has 0 heterocycles. The molecule has 0 aliphatic heterocycles. The van der Waals surface area contributed by atoms with Crippen LogP contribution in [0.25, 0.3) is 5.57 Å². The Kier molecular flexibility index (Phi) is 8.28. The average Bonchev–Trinajstić information content (AvgIpc) is 3.08. The molecule has 44 heavy (non-hydrogen) atoms. The first-order valence-electron chi connectivity index (χ1n) is 14.4. The minimum absolute atomic E-state index is 0.226. The number of hydrogen-bond acceptors (Lipinski definition) is 4. The highest BCUT2D eigenvalue weighted by atomic mass is 16.4. The molecular formula is C39H31N3O2. The van der Waals surface area contributed by atoms with Crippen LogP contribution in [-0.2, 0) is 0 Å². The van der Waals surface area contributed by atoms with Crippen LogP contribution in [0.1, 0.15) is 21.5 Å². The van der Waals surface area contributed by atoms with Gasteiger partial charge >= 0.3 is 5.97 Å². The summed E-state index contributed by atoms with van der Waals surface area (Å²) >= 11 is 0. The monoisotopic (exact) mass is 573 g/mol. The molecule has 0 aromatic heterocycles. The quantitative estimate of drug-likeness (QED) is 0.194. The van der Waals surface area contributed by atoms with Crippen molar-refractivity contribution in [3.63, 3.8) is 0 Å². The average molecular weight is 574 g/mol. The summed E-state index contributed by atoms with van der Waals surface area (Å²) in [5.41, 5.74) is 9.00. The number of carboxylic acids is 1. The van der Waals surface area contributed by atoms with Gasteiger partial charge in [-0.15, -0.1) is 0 Å². The van der Waals surface area contributed by atoms with E-state index in [2.05, 4.69) is 58.7 Å². The van der Waals surface area contributed by atoms with E-state index in [-0.39, 0.29) is 5.56 Å². The van der Waals surface area contributed by atoms with Gasteiger partial charge < -0.3 is 15.3 Å². The summed E-state index contributed by atoms with van der Waals surface area (Å²) in [6.07, 6.45) is 7.93. The lowest BCUT2D eigenvalue weighted by atomic mass is 9.88. The smallest absolute Gasteiger partial charge is 0.336 e. The zero-order valence-corrected chi connectivity index (χ0v) is 24.3. The molecule has 0 amide bonds. The topological polar surface area (TPSA) is 64.9 Å². The molecule has 5 heteroatoms. The Balaban J connectivity index is 1.47. The van der Waals surface area contributed by atoms with Crippen LogP contribution in [0.3, 0.4) is 0 Å². The molecule has 214 valence electrons. The third kappa shape index (κ3) is 6.13. The standard InChI is InChI=1S/C39H31N3O2/c1-40-32-23-26-36(37(27-32)39(43)44)38(28-17-21-31(22-18-28)41-30-11-5-2-6-12-30)29-19-24-35(25-20-29)42(33-13-7-3-8-14-33)34-15-9-4-10-16-34/h2-27,40H,1H3,(H,43,44). The van der Waals surface area contributed by atoms with Crippen LogP contribution in [0.2, 0.25) is 0 Å². The molecule has 0 radical (unpaired) electrons. The number of nitrogens with zero attached hydrogens (tertiary/aromatic N) is 2. The molecule has 2 N–H and O–H groups in total. The number of hydrogen-bond donors (Lipinski definition) is 2. The van der Waals surface area contributed by atoms with Gasteiger partial charge in [0.2, 0.25) is 0 Å². The van der Waals surface area contributed by atoms with Crippen LogP contribution in [0.4, 0.5) is 28.4 Å². The maximum Gasteiger partial charge on any atom is 0.336 e. The summed E-state index contributed by atoms with van der Waals surface area (Å²) in [6.45, 7) is 0. The van der Waals surface area contributed by atoms with E-state index >= 15 is 0 Å². The fraction of sp³-hybridized carbons (Fsp3) is 0.0256. The molecule has 1 aliphatic carbocycles. The molecule has 0 atom stereocenters. The second-order valence-electron chi connectivity index (χ2n) is 10.2. The molecule has 0 bridgehead atoms. The van der Waals surface area contributed by atoms with Gasteiger partial charge in [-0.25, -0.2) is 9.79 Å². The number of allylic oxidation sites excluding steroid dienone is 5. The lowest BCUT2D eigenvalue weighted by molar-refractivity contribution is 0.0696. The van der Waals surface area contributed by atoms with Crippen molar-refractivity contribution in [2.75, 3.05) is 17.3 Å². The van der Waals surface area contributed by atoms with E-state index < -0.39 is 5.97 Å². The highest BCUT2D eigenvalue weighted by Crippen LogP contribution is 2.38. The van der Waals surface area contributed by atoms with Gasteiger partial charge in [0.05, 0.1) is 17.0 Å². The largest absolute Gasteiger partial charge is 0.478 e. The molecule has 5 nitrogen and oxygen atoms in total. The summed E-state index contributed by atoms with van der Waals surface area (Å²) in [6, 6.07) is 44.0. The van der Waals surface area contributed by atoms with Crippen LogP contribution in [-0.4, -0.2) is 23.8 Å². The van der Waals surface area contributed by atoms with Crippen LogP contribution < -0.4 is 10.2 Å². The number of benzene rings is 5. The molecular weight excluding hydrogens is 542 g/mol. The molecule has 0 spiro atoms. The molecule has 6 rings (SSSR count). The van der Waals surface area contributed by atoms with Crippen LogP contribution in [0.15, 0.2) is 168 Å². The Morgan fingerprint density at radius 2 is 1.18 bits per heavy atom. The summed E-state index contributed by atoms with van der Waals surface area (Å²) in [4.78, 5) is 19.4. The number of anilines is 4. The predicted molar refractivity (Wildman–Crippen MR) is 182 cm³/mol. The third-order valence-corrected chi connectivity index (χ3v) is 7.42. The van der Waals surface area contributed by atoms with E-state index in [9.17, 15) is 9.90 Å². The Hall–Kier alpha value is -5.94. The molecule has 0 saturated heterocycles. The van der Waals surface area contributed by atoms with Crippen molar-refractivity contribution < 1.29 is 9.90 Å². The normalized spacial score (nSPS) is 12.1. The second-order valence-corrected chi connectivity index (χ2v) is 10.2. The Morgan fingerprint density at radius 1 is 0.636 bits per heavy atom. The summed E-state index contributed by atoms with van der Waals surface area (Å²) in [5, 5.41) is 13.3. The van der Waals surface area contributed by atoms with E-state index in [0.29, 0.717) is 5.56 Å². The third-order valence-electron chi connectivity index (χ3n) is 7.42. The van der Waals surface area contributed by atoms with Crippen molar-refractivity contribution in [2.45, 2.75) is 0 Å². The zero-order chi connectivity index (χ0) is 30.3. The molecule has 5 aromatic carbocycles. The number of carbonyl (C=O) groups is 1.